The highest BCUT2D eigenvalue weighted by Gasteiger charge is 2.11. The van der Waals surface area contributed by atoms with E-state index in [-0.39, 0.29) is 5.91 Å². The van der Waals surface area contributed by atoms with Crippen molar-refractivity contribution in [1.82, 2.24) is 20.0 Å². The molecule has 0 fully saturated rings. The average molecular weight is 331 g/mol. The van der Waals surface area contributed by atoms with E-state index in [1.165, 1.54) is 0 Å². The molecule has 108 valence electrons. The second kappa shape index (κ2) is 7.65. The van der Waals surface area contributed by atoms with Crippen molar-refractivity contribution < 1.29 is 4.79 Å². The molecule has 0 saturated carbocycles. The molecule has 1 aromatic heterocycles. The number of nitrogens with zero attached hydrogens (tertiary/aromatic N) is 3. The number of carbonyl (C=O) groups excluding carboxylic acids is 1. The molecule has 1 rings (SSSR count). The fraction of sp³-hybridized carbons (Fsp3) is 0.692. The van der Waals surface area contributed by atoms with Crippen molar-refractivity contribution in [2.75, 3.05) is 19.6 Å². The van der Waals surface area contributed by atoms with E-state index < -0.39 is 0 Å². The van der Waals surface area contributed by atoms with Crippen LogP contribution in [-0.2, 0) is 18.4 Å². The van der Waals surface area contributed by atoms with Gasteiger partial charge in [0, 0.05) is 39.6 Å². The molecule has 0 bridgehead atoms. The maximum absolute atomic E-state index is 11.8. The number of carbonyl (C=O) groups is 1. The van der Waals surface area contributed by atoms with Gasteiger partial charge in [0.05, 0.1) is 15.9 Å². The molecule has 0 aromatic carbocycles. The first kappa shape index (κ1) is 16.2. The zero-order chi connectivity index (χ0) is 14.4. The van der Waals surface area contributed by atoms with E-state index in [4.69, 9.17) is 0 Å². The van der Waals surface area contributed by atoms with Crippen LogP contribution in [0.4, 0.5) is 0 Å². The first-order valence-electron chi connectivity index (χ1n) is 6.67. The minimum atomic E-state index is 0.206. The molecule has 1 heterocycles. The third-order valence-electron chi connectivity index (χ3n) is 3.19. The van der Waals surface area contributed by atoms with Crippen molar-refractivity contribution in [3.05, 3.63) is 15.9 Å². The largest absolute Gasteiger partial charge is 0.343 e. The van der Waals surface area contributed by atoms with Crippen LogP contribution in [0.3, 0.4) is 0 Å². The van der Waals surface area contributed by atoms with Gasteiger partial charge in [-0.1, -0.05) is 0 Å². The van der Waals surface area contributed by atoms with E-state index in [0.29, 0.717) is 19.5 Å². The minimum Gasteiger partial charge on any atom is -0.343 e. The van der Waals surface area contributed by atoms with E-state index in [1.54, 1.807) is 0 Å². The van der Waals surface area contributed by atoms with Crippen LogP contribution in [0.5, 0.6) is 0 Å². The summed E-state index contributed by atoms with van der Waals surface area (Å²) in [6.07, 6.45) is 0.538. The van der Waals surface area contributed by atoms with Crippen LogP contribution in [0.2, 0.25) is 0 Å². The van der Waals surface area contributed by atoms with E-state index in [1.807, 2.05) is 37.4 Å². The number of aryl methyl sites for hydroxylation is 2. The van der Waals surface area contributed by atoms with Gasteiger partial charge in [-0.25, -0.2) is 0 Å². The third kappa shape index (κ3) is 4.31. The molecule has 0 saturated heterocycles. The van der Waals surface area contributed by atoms with Gasteiger partial charge in [-0.3, -0.25) is 9.48 Å². The number of rotatable bonds is 7. The Labute approximate surface area is 123 Å². The van der Waals surface area contributed by atoms with Gasteiger partial charge in [-0.2, -0.15) is 5.10 Å². The summed E-state index contributed by atoms with van der Waals surface area (Å²) in [6, 6.07) is 0. The maximum atomic E-state index is 11.8. The summed E-state index contributed by atoms with van der Waals surface area (Å²) in [5.41, 5.74) is 2.09. The summed E-state index contributed by atoms with van der Waals surface area (Å²) in [7, 11) is 1.93. The summed E-state index contributed by atoms with van der Waals surface area (Å²) in [5.74, 6) is 0.206. The van der Waals surface area contributed by atoms with E-state index in [2.05, 4.69) is 26.3 Å². The second-order valence-corrected chi connectivity index (χ2v) is 5.26. The topological polar surface area (TPSA) is 50.2 Å². The molecule has 0 unspecified atom stereocenters. The normalized spacial score (nSPS) is 10.8. The predicted molar refractivity (Wildman–Crippen MR) is 79.9 cm³/mol. The van der Waals surface area contributed by atoms with Crippen molar-refractivity contribution in [2.24, 2.45) is 7.05 Å². The Balaban J connectivity index is 2.37. The molecule has 1 aromatic rings. The van der Waals surface area contributed by atoms with Gasteiger partial charge in [0.25, 0.3) is 0 Å². The quantitative estimate of drug-likeness (QED) is 0.776. The van der Waals surface area contributed by atoms with Crippen LogP contribution in [0.25, 0.3) is 0 Å². The number of aromatic nitrogens is 2. The molecule has 1 amide bonds. The fourth-order valence-electron chi connectivity index (χ4n) is 2.01. The van der Waals surface area contributed by atoms with Crippen molar-refractivity contribution in [3.8, 4) is 0 Å². The Morgan fingerprint density at radius 2 is 2.05 bits per heavy atom. The molecule has 0 atom stereocenters. The molecule has 0 aliphatic rings. The molecule has 6 heteroatoms. The monoisotopic (exact) mass is 330 g/mol. The Kier molecular flexibility index (Phi) is 6.51. The van der Waals surface area contributed by atoms with Gasteiger partial charge in [0.15, 0.2) is 0 Å². The lowest BCUT2D eigenvalue weighted by atomic mass is 10.3. The van der Waals surface area contributed by atoms with Crippen LogP contribution in [0, 0.1) is 6.92 Å². The van der Waals surface area contributed by atoms with Crippen molar-refractivity contribution in [3.63, 3.8) is 0 Å². The van der Waals surface area contributed by atoms with Crippen LogP contribution >= 0.6 is 15.9 Å². The number of nitrogens with one attached hydrogen (secondary N) is 1. The Morgan fingerprint density at radius 1 is 1.42 bits per heavy atom. The fourth-order valence-corrected chi connectivity index (χ4v) is 2.48. The molecule has 19 heavy (non-hydrogen) atoms. The highest BCUT2D eigenvalue weighted by molar-refractivity contribution is 9.10. The summed E-state index contributed by atoms with van der Waals surface area (Å²) in [6.45, 7) is 8.94. The van der Waals surface area contributed by atoms with Gasteiger partial charge in [-0.05, 0) is 36.7 Å². The lowest BCUT2D eigenvalue weighted by Crippen LogP contribution is -2.32. The number of amides is 1. The standard InChI is InChI=1S/C13H23BrN4O/c1-5-18(6-2)12(19)7-8-15-9-11-13(14)10(3)16-17(11)4/h15H,5-9H2,1-4H3. The van der Waals surface area contributed by atoms with Crippen molar-refractivity contribution in [2.45, 2.75) is 33.7 Å². The van der Waals surface area contributed by atoms with Crippen LogP contribution in [-0.4, -0.2) is 40.2 Å². The zero-order valence-corrected chi connectivity index (χ0v) is 13.7. The van der Waals surface area contributed by atoms with Gasteiger partial charge in [-0.15, -0.1) is 0 Å². The number of halogens is 1. The summed E-state index contributed by atoms with van der Waals surface area (Å²) in [4.78, 5) is 13.7. The number of hydrogen-bond acceptors (Lipinski definition) is 3. The van der Waals surface area contributed by atoms with E-state index in [0.717, 1.165) is 29.0 Å². The van der Waals surface area contributed by atoms with Crippen molar-refractivity contribution in [1.29, 1.82) is 0 Å². The smallest absolute Gasteiger partial charge is 0.223 e. The van der Waals surface area contributed by atoms with Crippen LogP contribution < -0.4 is 5.32 Å². The average Bonchev–Trinajstić information content (AvgIpc) is 2.61. The highest BCUT2D eigenvalue weighted by atomic mass is 79.9. The van der Waals surface area contributed by atoms with E-state index >= 15 is 0 Å². The SMILES string of the molecule is CCN(CC)C(=O)CCNCc1c(Br)c(C)nn1C. The number of hydrogen-bond donors (Lipinski definition) is 1. The lowest BCUT2D eigenvalue weighted by molar-refractivity contribution is -0.130. The van der Waals surface area contributed by atoms with Crippen LogP contribution in [0.15, 0.2) is 4.47 Å². The van der Waals surface area contributed by atoms with Crippen molar-refractivity contribution >= 4 is 21.8 Å². The summed E-state index contributed by atoms with van der Waals surface area (Å²) in [5, 5.41) is 7.63. The molecule has 5 nitrogen and oxygen atoms in total. The third-order valence-corrected chi connectivity index (χ3v) is 4.22. The Bertz CT molecular complexity index is 427. The zero-order valence-electron chi connectivity index (χ0n) is 12.2. The molecule has 0 aliphatic carbocycles. The molecular formula is C13H23BrN4O. The van der Waals surface area contributed by atoms with Gasteiger partial charge in [0.2, 0.25) is 5.91 Å². The second-order valence-electron chi connectivity index (χ2n) is 4.46. The first-order chi connectivity index (χ1) is 9.01. The highest BCUT2D eigenvalue weighted by Crippen LogP contribution is 2.19. The summed E-state index contributed by atoms with van der Waals surface area (Å²) < 4.78 is 2.90. The Morgan fingerprint density at radius 3 is 2.53 bits per heavy atom. The Hall–Kier alpha value is -0.880. The molecule has 1 N–H and O–H groups in total. The van der Waals surface area contributed by atoms with Gasteiger partial charge in [0.1, 0.15) is 0 Å². The molecule has 0 radical (unpaired) electrons. The molecule has 0 spiro atoms. The molecule has 0 aliphatic heterocycles. The first-order valence-corrected chi connectivity index (χ1v) is 7.47. The lowest BCUT2D eigenvalue weighted by Gasteiger charge is -2.18. The maximum Gasteiger partial charge on any atom is 0.223 e. The van der Waals surface area contributed by atoms with Gasteiger partial charge >= 0.3 is 0 Å². The van der Waals surface area contributed by atoms with Crippen LogP contribution in [0.1, 0.15) is 31.7 Å². The van der Waals surface area contributed by atoms with Gasteiger partial charge < -0.3 is 10.2 Å². The summed E-state index contributed by atoms with van der Waals surface area (Å²) >= 11 is 3.53. The molecular weight excluding hydrogens is 308 g/mol. The predicted octanol–water partition coefficient (Wildman–Crippen LogP) is 1.84. The van der Waals surface area contributed by atoms with E-state index in [9.17, 15) is 4.79 Å². The minimum absolute atomic E-state index is 0.206.